The largest absolute Gasteiger partial charge is 0.496 e. The highest BCUT2D eigenvalue weighted by Gasteiger charge is 2.25. The van der Waals surface area contributed by atoms with E-state index in [0.29, 0.717) is 28.9 Å². The van der Waals surface area contributed by atoms with Crippen LogP contribution >= 0.6 is 0 Å². The summed E-state index contributed by atoms with van der Waals surface area (Å²) >= 11 is 0. The summed E-state index contributed by atoms with van der Waals surface area (Å²) in [5, 5.41) is 0.601. The Bertz CT molecular complexity index is 1100. The molecule has 0 unspecified atom stereocenters. The lowest BCUT2D eigenvalue weighted by Gasteiger charge is -2.31. The van der Waals surface area contributed by atoms with Gasteiger partial charge in [0.15, 0.2) is 0 Å². The van der Waals surface area contributed by atoms with E-state index < -0.39 is 11.6 Å². The van der Waals surface area contributed by atoms with Crippen molar-refractivity contribution in [1.29, 1.82) is 0 Å². The summed E-state index contributed by atoms with van der Waals surface area (Å²) < 4.78 is 34.1. The quantitative estimate of drug-likeness (QED) is 0.672. The molecule has 1 fully saturated rings. The van der Waals surface area contributed by atoms with E-state index in [-0.39, 0.29) is 17.4 Å². The molecule has 0 aliphatic carbocycles. The maximum Gasteiger partial charge on any atom is 0.236 e. The Morgan fingerprint density at radius 2 is 2.00 bits per heavy atom. The molecule has 1 amide bonds. The Kier molecular flexibility index (Phi) is 5.91. The second-order valence-corrected chi connectivity index (χ2v) is 8.15. The number of nitrogens with zero attached hydrogens (tertiary/aromatic N) is 3. The number of halogens is 2. The number of aromatic nitrogens is 2. The lowest BCUT2D eigenvalue weighted by atomic mass is 9.93. The molecule has 3 heterocycles. The summed E-state index contributed by atoms with van der Waals surface area (Å²) in [5.41, 5.74) is 2.17. The Morgan fingerprint density at radius 3 is 2.68 bits per heavy atom. The molecule has 4 rings (SSSR count). The van der Waals surface area contributed by atoms with Gasteiger partial charge in [-0.15, -0.1) is 0 Å². The minimum absolute atomic E-state index is 0.0948. The molecule has 1 aromatic carbocycles. The maximum atomic E-state index is 14.8. The van der Waals surface area contributed by atoms with Gasteiger partial charge >= 0.3 is 0 Å². The van der Waals surface area contributed by atoms with Gasteiger partial charge in [-0.3, -0.25) is 9.69 Å². The molecule has 2 aromatic heterocycles. The second-order valence-electron chi connectivity index (χ2n) is 8.15. The number of likely N-dealkylation sites (tertiary alicyclic amines) is 1. The maximum absolute atomic E-state index is 14.8. The van der Waals surface area contributed by atoms with Crippen LogP contribution in [0.25, 0.3) is 22.2 Å². The number of amides is 1. The number of benzene rings is 1. The predicted molar refractivity (Wildman–Crippen MR) is 115 cm³/mol. The van der Waals surface area contributed by atoms with Crippen LogP contribution in [-0.2, 0) is 4.79 Å². The predicted octanol–water partition coefficient (Wildman–Crippen LogP) is 3.78. The van der Waals surface area contributed by atoms with Crippen molar-refractivity contribution in [2.24, 2.45) is 0 Å². The Hall–Kier alpha value is -3.00. The molecule has 0 spiro atoms. The Morgan fingerprint density at radius 1 is 1.26 bits per heavy atom. The number of nitrogens with one attached hydrogen (secondary N) is 1. The molecule has 31 heavy (non-hydrogen) atoms. The van der Waals surface area contributed by atoms with Crippen LogP contribution in [-0.4, -0.2) is 66.5 Å². The molecule has 0 saturated carbocycles. The topological polar surface area (TPSA) is 61.5 Å². The summed E-state index contributed by atoms with van der Waals surface area (Å²) in [6, 6.07) is 5.98. The van der Waals surface area contributed by atoms with E-state index in [0.717, 1.165) is 37.8 Å². The lowest BCUT2D eigenvalue weighted by molar-refractivity contribution is -0.130. The first-order valence-corrected chi connectivity index (χ1v) is 10.3. The van der Waals surface area contributed by atoms with E-state index in [1.54, 1.807) is 19.0 Å². The van der Waals surface area contributed by atoms with Gasteiger partial charge in [-0.1, -0.05) is 0 Å². The van der Waals surface area contributed by atoms with Gasteiger partial charge in [-0.2, -0.15) is 0 Å². The zero-order valence-electron chi connectivity index (χ0n) is 17.9. The van der Waals surface area contributed by atoms with E-state index in [9.17, 15) is 13.6 Å². The fourth-order valence-electron chi connectivity index (χ4n) is 4.17. The smallest absolute Gasteiger partial charge is 0.236 e. The van der Waals surface area contributed by atoms with Gasteiger partial charge in [0.25, 0.3) is 0 Å². The van der Waals surface area contributed by atoms with Gasteiger partial charge in [-0.25, -0.2) is 13.8 Å². The average molecular weight is 428 g/mol. The summed E-state index contributed by atoms with van der Waals surface area (Å²) in [6.45, 7) is 2.04. The molecular formula is C23H26F2N4O2. The number of methoxy groups -OCH3 is 1. The molecule has 6 nitrogen and oxygen atoms in total. The molecule has 1 aliphatic rings. The van der Waals surface area contributed by atoms with Crippen molar-refractivity contribution in [1.82, 2.24) is 19.8 Å². The standard InChI is InChI=1S/C23H26F2N4O2/c1-28(2)21(30)13-29-8-6-14(7-9-29)19-11-17-22(18(25)12-26-23(17)27-19)16-10-15(24)4-5-20(16)31-3/h4-5,10-12,14H,6-9,13H2,1-3H3,(H,26,27). The third-order valence-corrected chi connectivity index (χ3v) is 5.95. The van der Waals surface area contributed by atoms with Gasteiger partial charge in [0.05, 0.1) is 19.9 Å². The van der Waals surface area contributed by atoms with Gasteiger partial charge in [0, 0.05) is 42.2 Å². The Labute approximate surface area is 179 Å². The normalized spacial score (nSPS) is 15.4. The summed E-state index contributed by atoms with van der Waals surface area (Å²) in [7, 11) is 5.00. The van der Waals surface area contributed by atoms with E-state index in [1.807, 2.05) is 6.07 Å². The number of ether oxygens (including phenoxy) is 1. The number of carbonyl (C=O) groups is 1. The fraction of sp³-hybridized carbons (Fsp3) is 0.391. The number of rotatable bonds is 5. The van der Waals surface area contributed by atoms with E-state index in [1.165, 1.54) is 25.3 Å². The molecule has 1 saturated heterocycles. The molecule has 1 aliphatic heterocycles. The van der Waals surface area contributed by atoms with Gasteiger partial charge < -0.3 is 14.6 Å². The molecule has 0 bridgehead atoms. The third-order valence-electron chi connectivity index (χ3n) is 5.95. The number of hydrogen-bond acceptors (Lipinski definition) is 4. The van der Waals surface area contributed by atoms with Crippen LogP contribution in [0, 0.1) is 11.6 Å². The molecule has 0 atom stereocenters. The molecule has 1 N–H and O–H groups in total. The van der Waals surface area contributed by atoms with Crippen molar-refractivity contribution in [3.8, 4) is 16.9 Å². The summed E-state index contributed by atoms with van der Waals surface area (Å²) in [6.07, 6.45) is 2.92. The monoisotopic (exact) mass is 428 g/mol. The number of likely N-dealkylation sites (N-methyl/N-ethyl adjacent to an activating group) is 1. The van der Waals surface area contributed by atoms with Gasteiger partial charge in [-0.05, 0) is 50.2 Å². The van der Waals surface area contributed by atoms with Crippen molar-refractivity contribution < 1.29 is 18.3 Å². The summed E-state index contributed by atoms with van der Waals surface area (Å²) in [5.74, 6) is -0.244. The molecule has 164 valence electrons. The minimum atomic E-state index is -0.529. The van der Waals surface area contributed by atoms with Gasteiger partial charge in [0.2, 0.25) is 5.91 Å². The molecule has 3 aromatic rings. The van der Waals surface area contributed by atoms with E-state index in [4.69, 9.17) is 4.74 Å². The van der Waals surface area contributed by atoms with E-state index in [2.05, 4.69) is 14.9 Å². The van der Waals surface area contributed by atoms with Gasteiger partial charge in [0.1, 0.15) is 23.0 Å². The SMILES string of the molecule is COc1ccc(F)cc1-c1c(F)cnc2[nH]c(C3CCN(CC(=O)N(C)C)CC3)cc12. The minimum Gasteiger partial charge on any atom is -0.496 e. The number of hydrogen-bond donors (Lipinski definition) is 1. The van der Waals surface area contributed by atoms with Crippen LogP contribution in [0.3, 0.4) is 0 Å². The number of carbonyl (C=O) groups excluding carboxylic acids is 1. The number of pyridine rings is 1. The number of piperidine rings is 1. The lowest BCUT2D eigenvalue weighted by Crippen LogP contribution is -2.40. The van der Waals surface area contributed by atoms with Crippen LogP contribution in [0.2, 0.25) is 0 Å². The van der Waals surface area contributed by atoms with Crippen molar-refractivity contribution in [2.45, 2.75) is 18.8 Å². The van der Waals surface area contributed by atoms with Crippen LogP contribution in [0.1, 0.15) is 24.5 Å². The highest BCUT2D eigenvalue weighted by molar-refractivity contribution is 5.95. The number of fused-ring (bicyclic) bond motifs is 1. The average Bonchev–Trinajstić information content (AvgIpc) is 3.18. The van der Waals surface area contributed by atoms with Crippen LogP contribution in [0.5, 0.6) is 5.75 Å². The van der Waals surface area contributed by atoms with Crippen molar-refractivity contribution in [2.75, 3.05) is 40.8 Å². The fourth-order valence-corrected chi connectivity index (χ4v) is 4.17. The van der Waals surface area contributed by atoms with Crippen LogP contribution in [0.15, 0.2) is 30.5 Å². The zero-order valence-corrected chi connectivity index (χ0v) is 17.9. The second kappa shape index (κ2) is 8.63. The first-order chi connectivity index (χ1) is 14.9. The zero-order chi connectivity index (χ0) is 22.1. The molecule has 0 radical (unpaired) electrons. The number of aromatic amines is 1. The molecular weight excluding hydrogens is 402 g/mol. The van der Waals surface area contributed by atoms with E-state index >= 15 is 0 Å². The highest BCUT2D eigenvalue weighted by Crippen LogP contribution is 2.39. The molecule has 8 heteroatoms. The highest BCUT2D eigenvalue weighted by atomic mass is 19.1. The van der Waals surface area contributed by atoms with Crippen LogP contribution in [0.4, 0.5) is 8.78 Å². The first-order valence-electron chi connectivity index (χ1n) is 10.3. The van der Waals surface area contributed by atoms with Crippen molar-refractivity contribution in [3.05, 3.63) is 47.8 Å². The van der Waals surface area contributed by atoms with Crippen molar-refractivity contribution >= 4 is 16.9 Å². The Balaban J connectivity index is 1.63. The van der Waals surface area contributed by atoms with Crippen LogP contribution < -0.4 is 4.74 Å². The summed E-state index contributed by atoms with van der Waals surface area (Å²) in [4.78, 5) is 23.2. The third kappa shape index (κ3) is 4.25. The first kappa shape index (κ1) is 21.2. The van der Waals surface area contributed by atoms with Crippen molar-refractivity contribution in [3.63, 3.8) is 0 Å². The number of H-pyrrole nitrogens is 1.